The van der Waals surface area contributed by atoms with Crippen molar-refractivity contribution in [3.05, 3.63) is 29.6 Å². The Bertz CT molecular complexity index is 434. The van der Waals surface area contributed by atoms with Gasteiger partial charge in [-0.15, -0.1) is 0 Å². The minimum absolute atomic E-state index is 0.179. The van der Waals surface area contributed by atoms with Crippen LogP contribution in [0.25, 0.3) is 0 Å². The molecule has 2 aliphatic rings. The number of halogens is 1. The molecule has 1 aliphatic carbocycles. The molecule has 0 radical (unpaired) electrons. The minimum Gasteiger partial charge on any atom is -0.382 e. The molecule has 3 heteroatoms. The van der Waals surface area contributed by atoms with Gasteiger partial charge < -0.3 is 10.1 Å². The third kappa shape index (κ3) is 2.92. The molecular formula is C16H22FNO. The molecule has 19 heavy (non-hydrogen) atoms. The first-order chi connectivity index (χ1) is 9.15. The Kier molecular flexibility index (Phi) is 3.48. The molecule has 1 saturated heterocycles. The van der Waals surface area contributed by atoms with Gasteiger partial charge in [0.2, 0.25) is 0 Å². The average molecular weight is 263 g/mol. The van der Waals surface area contributed by atoms with E-state index in [0.717, 1.165) is 24.2 Å². The Morgan fingerprint density at radius 2 is 2.05 bits per heavy atom. The van der Waals surface area contributed by atoms with E-state index in [2.05, 4.69) is 5.32 Å². The zero-order valence-electron chi connectivity index (χ0n) is 11.5. The summed E-state index contributed by atoms with van der Waals surface area (Å²) in [6.45, 7) is 2.69. The lowest BCUT2D eigenvalue weighted by Gasteiger charge is -2.24. The fourth-order valence-corrected chi connectivity index (χ4v) is 3.50. The van der Waals surface area contributed by atoms with Crippen molar-refractivity contribution in [1.82, 2.24) is 0 Å². The second kappa shape index (κ2) is 5.12. The molecule has 1 aromatic carbocycles. The normalized spacial score (nSPS) is 25.1. The monoisotopic (exact) mass is 263 g/mol. The molecule has 2 nitrogen and oxygen atoms in total. The summed E-state index contributed by atoms with van der Waals surface area (Å²) in [5, 5.41) is 3.31. The van der Waals surface area contributed by atoms with Gasteiger partial charge in [-0.1, -0.05) is 12.8 Å². The number of hydrogen-bond acceptors (Lipinski definition) is 2. The standard InChI is InChI=1S/C16H22FNO/c1-12-8-13(17)10-14(9-12)18-11-15-4-7-16(19-15)5-2-3-6-16/h8-10,15,18H,2-7,11H2,1H3. The summed E-state index contributed by atoms with van der Waals surface area (Å²) in [7, 11) is 0. The van der Waals surface area contributed by atoms with Gasteiger partial charge in [-0.2, -0.15) is 0 Å². The Hall–Kier alpha value is -1.09. The van der Waals surface area contributed by atoms with Gasteiger partial charge in [-0.3, -0.25) is 0 Å². The minimum atomic E-state index is -0.179. The van der Waals surface area contributed by atoms with Crippen molar-refractivity contribution < 1.29 is 9.13 Å². The molecule has 1 unspecified atom stereocenters. The first-order valence-electron chi connectivity index (χ1n) is 7.34. The summed E-state index contributed by atoms with van der Waals surface area (Å²) in [4.78, 5) is 0. The van der Waals surface area contributed by atoms with Crippen molar-refractivity contribution in [2.24, 2.45) is 0 Å². The molecule has 1 atom stereocenters. The topological polar surface area (TPSA) is 21.3 Å². The molecule has 1 aromatic rings. The fourth-order valence-electron chi connectivity index (χ4n) is 3.50. The lowest BCUT2D eigenvalue weighted by Crippen LogP contribution is -2.27. The number of rotatable bonds is 3. The largest absolute Gasteiger partial charge is 0.382 e. The summed E-state index contributed by atoms with van der Waals surface area (Å²) >= 11 is 0. The van der Waals surface area contributed by atoms with Crippen molar-refractivity contribution in [2.45, 2.75) is 57.2 Å². The zero-order valence-corrected chi connectivity index (χ0v) is 11.5. The molecule has 0 amide bonds. The van der Waals surface area contributed by atoms with Crippen LogP contribution in [0, 0.1) is 12.7 Å². The van der Waals surface area contributed by atoms with Crippen molar-refractivity contribution >= 4 is 5.69 Å². The van der Waals surface area contributed by atoms with E-state index >= 15 is 0 Å². The summed E-state index contributed by atoms with van der Waals surface area (Å²) in [6.07, 6.45) is 7.67. The third-order valence-electron chi connectivity index (χ3n) is 4.43. The van der Waals surface area contributed by atoms with Gasteiger partial charge in [-0.05, 0) is 56.4 Å². The highest BCUT2D eigenvalue weighted by molar-refractivity contribution is 5.46. The van der Waals surface area contributed by atoms with E-state index < -0.39 is 0 Å². The van der Waals surface area contributed by atoms with Crippen molar-refractivity contribution in [1.29, 1.82) is 0 Å². The molecular weight excluding hydrogens is 241 g/mol. The van der Waals surface area contributed by atoms with E-state index in [9.17, 15) is 4.39 Å². The van der Waals surface area contributed by atoms with Gasteiger partial charge >= 0.3 is 0 Å². The Balaban J connectivity index is 1.55. The molecule has 0 bridgehead atoms. The molecule has 1 heterocycles. The second-order valence-corrected chi connectivity index (χ2v) is 6.07. The van der Waals surface area contributed by atoms with E-state index in [1.54, 1.807) is 12.1 Å². The van der Waals surface area contributed by atoms with Crippen LogP contribution in [-0.2, 0) is 4.74 Å². The highest BCUT2D eigenvalue weighted by atomic mass is 19.1. The molecule has 2 fully saturated rings. The zero-order chi connectivity index (χ0) is 13.3. The number of nitrogens with one attached hydrogen (secondary N) is 1. The maximum atomic E-state index is 13.3. The molecule has 1 aliphatic heterocycles. The smallest absolute Gasteiger partial charge is 0.125 e. The maximum absolute atomic E-state index is 13.3. The van der Waals surface area contributed by atoms with Crippen LogP contribution >= 0.6 is 0 Å². The van der Waals surface area contributed by atoms with Crippen LogP contribution < -0.4 is 5.32 Å². The number of aryl methyl sites for hydroxylation is 1. The number of anilines is 1. The van der Waals surface area contributed by atoms with E-state index in [-0.39, 0.29) is 17.5 Å². The van der Waals surface area contributed by atoms with Crippen LogP contribution in [0.1, 0.15) is 44.1 Å². The number of benzene rings is 1. The molecule has 104 valence electrons. The predicted molar refractivity (Wildman–Crippen MR) is 74.9 cm³/mol. The summed E-state index contributed by atoms with van der Waals surface area (Å²) in [6, 6.07) is 5.07. The Labute approximate surface area is 114 Å². The van der Waals surface area contributed by atoms with Crippen LogP contribution in [0.3, 0.4) is 0 Å². The van der Waals surface area contributed by atoms with Gasteiger partial charge in [0.05, 0.1) is 11.7 Å². The van der Waals surface area contributed by atoms with E-state index in [1.807, 2.05) is 13.0 Å². The lowest BCUT2D eigenvalue weighted by molar-refractivity contribution is -0.0307. The van der Waals surface area contributed by atoms with Gasteiger partial charge in [0, 0.05) is 12.2 Å². The van der Waals surface area contributed by atoms with E-state index in [0.29, 0.717) is 0 Å². The van der Waals surface area contributed by atoms with Gasteiger partial charge in [0.1, 0.15) is 5.82 Å². The fraction of sp³-hybridized carbons (Fsp3) is 0.625. The molecule has 1 spiro atoms. The average Bonchev–Trinajstić information content (AvgIpc) is 2.97. The highest BCUT2D eigenvalue weighted by Gasteiger charge is 2.41. The van der Waals surface area contributed by atoms with Gasteiger partial charge in [0.15, 0.2) is 0 Å². The van der Waals surface area contributed by atoms with Crippen molar-refractivity contribution in [2.75, 3.05) is 11.9 Å². The van der Waals surface area contributed by atoms with Crippen LogP contribution in [0.4, 0.5) is 10.1 Å². The Morgan fingerprint density at radius 1 is 1.26 bits per heavy atom. The van der Waals surface area contributed by atoms with Crippen LogP contribution in [0.15, 0.2) is 18.2 Å². The summed E-state index contributed by atoms with van der Waals surface area (Å²) < 4.78 is 19.5. The maximum Gasteiger partial charge on any atom is 0.125 e. The van der Waals surface area contributed by atoms with Crippen LogP contribution in [0.5, 0.6) is 0 Å². The third-order valence-corrected chi connectivity index (χ3v) is 4.43. The van der Waals surface area contributed by atoms with Crippen molar-refractivity contribution in [3.63, 3.8) is 0 Å². The summed E-state index contributed by atoms with van der Waals surface area (Å²) in [5.74, 6) is -0.179. The first-order valence-corrected chi connectivity index (χ1v) is 7.34. The molecule has 1 saturated carbocycles. The number of hydrogen-bond donors (Lipinski definition) is 1. The van der Waals surface area contributed by atoms with E-state index in [4.69, 9.17) is 4.74 Å². The van der Waals surface area contributed by atoms with E-state index in [1.165, 1.54) is 32.1 Å². The molecule has 1 N–H and O–H groups in total. The second-order valence-electron chi connectivity index (χ2n) is 6.07. The SMILES string of the molecule is Cc1cc(F)cc(NCC2CCC3(CCCC3)O2)c1. The van der Waals surface area contributed by atoms with Gasteiger partial charge in [0.25, 0.3) is 0 Å². The summed E-state index contributed by atoms with van der Waals surface area (Å²) in [5.41, 5.74) is 1.99. The first kappa shape index (κ1) is 12.9. The van der Waals surface area contributed by atoms with Crippen LogP contribution in [0.2, 0.25) is 0 Å². The van der Waals surface area contributed by atoms with Crippen LogP contribution in [-0.4, -0.2) is 18.2 Å². The Morgan fingerprint density at radius 3 is 2.79 bits per heavy atom. The lowest BCUT2D eigenvalue weighted by atomic mass is 9.98. The quantitative estimate of drug-likeness (QED) is 0.888. The van der Waals surface area contributed by atoms with Crippen molar-refractivity contribution in [3.8, 4) is 0 Å². The molecule has 0 aromatic heterocycles. The highest BCUT2D eigenvalue weighted by Crippen LogP contribution is 2.43. The van der Waals surface area contributed by atoms with Gasteiger partial charge in [-0.25, -0.2) is 4.39 Å². The molecule has 3 rings (SSSR count). The number of ether oxygens (including phenoxy) is 1. The predicted octanol–water partition coefficient (Wildman–Crippen LogP) is 4.04.